The Bertz CT molecular complexity index is 313. The minimum atomic E-state index is -1.06. The molecular formula is C11H15NO3. The Kier molecular flexibility index (Phi) is 4.27. The minimum Gasteiger partial charge on any atom is -0.383 e. The second kappa shape index (κ2) is 5.48. The normalized spacial score (nSPS) is 12.2. The summed E-state index contributed by atoms with van der Waals surface area (Å²) in [5, 5.41) is 10.6. The quantitative estimate of drug-likeness (QED) is 0.739. The standard InChI is InChI=1S/C11H15NO3/c1-12(15-2)11(14)10(13)8-9-6-4-3-5-7-9/h3-7,10,13H,8H2,1-2H3/t10-/m1/s1. The highest BCUT2D eigenvalue weighted by Crippen LogP contribution is 2.04. The van der Waals surface area contributed by atoms with Crippen molar-refractivity contribution in [3.8, 4) is 0 Å². The minimum absolute atomic E-state index is 0.299. The Labute approximate surface area is 89.0 Å². The fraction of sp³-hybridized carbons (Fsp3) is 0.364. The monoisotopic (exact) mass is 209 g/mol. The molecule has 1 aromatic rings. The largest absolute Gasteiger partial charge is 0.383 e. The van der Waals surface area contributed by atoms with E-state index < -0.39 is 12.0 Å². The summed E-state index contributed by atoms with van der Waals surface area (Å²) in [7, 11) is 2.85. The van der Waals surface area contributed by atoms with Gasteiger partial charge < -0.3 is 5.11 Å². The zero-order valence-electron chi connectivity index (χ0n) is 8.88. The van der Waals surface area contributed by atoms with E-state index >= 15 is 0 Å². The summed E-state index contributed by atoms with van der Waals surface area (Å²) < 4.78 is 0. The summed E-state index contributed by atoms with van der Waals surface area (Å²) in [5.74, 6) is -0.443. The van der Waals surface area contributed by atoms with Crippen molar-refractivity contribution in [1.29, 1.82) is 0 Å². The van der Waals surface area contributed by atoms with Crippen LogP contribution in [0.2, 0.25) is 0 Å². The second-order valence-electron chi connectivity index (χ2n) is 3.22. The lowest BCUT2D eigenvalue weighted by atomic mass is 10.1. The first-order chi connectivity index (χ1) is 7.15. The van der Waals surface area contributed by atoms with Crippen molar-refractivity contribution in [3.63, 3.8) is 0 Å². The number of likely N-dealkylation sites (N-methyl/N-ethyl adjacent to an activating group) is 1. The molecule has 0 saturated heterocycles. The van der Waals surface area contributed by atoms with E-state index in [0.29, 0.717) is 6.42 Å². The SMILES string of the molecule is CON(C)C(=O)[C@H](O)Cc1ccccc1. The van der Waals surface area contributed by atoms with E-state index in [-0.39, 0.29) is 0 Å². The number of rotatable bonds is 4. The molecular weight excluding hydrogens is 194 g/mol. The molecule has 0 aliphatic rings. The van der Waals surface area contributed by atoms with Gasteiger partial charge in [0.25, 0.3) is 5.91 Å². The summed E-state index contributed by atoms with van der Waals surface area (Å²) in [6, 6.07) is 9.35. The maximum Gasteiger partial charge on any atom is 0.274 e. The summed E-state index contributed by atoms with van der Waals surface area (Å²) >= 11 is 0. The van der Waals surface area contributed by atoms with E-state index in [4.69, 9.17) is 4.84 Å². The van der Waals surface area contributed by atoms with E-state index in [1.807, 2.05) is 30.3 Å². The third kappa shape index (κ3) is 3.34. The molecule has 1 aromatic carbocycles. The first kappa shape index (κ1) is 11.7. The van der Waals surface area contributed by atoms with Crippen molar-refractivity contribution in [2.75, 3.05) is 14.2 Å². The van der Waals surface area contributed by atoms with Crippen LogP contribution in [0.25, 0.3) is 0 Å². The number of hydroxylamine groups is 2. The lowest BCUT2D eigenvalue weighted by molar-refractivity contribution is -0.177. The zero-order chi connectivity index (χ0) is 11.3. The number of aliphatic hydroxyl groups is 1. The van der Waals surface area contributed by atoms with Crippen LogP contribution in [0.3, 0.4) is 0 Å². The number of amides is 1. The van der Waals surface area contributed by atoms with Crippen molar-refractivity contribution >= 4 is 5.91 Å². The van der Waals surface area contributed by atoms with Crippen LogP contribution in [0.1, 0.15) is 5.56 Å². The molecule has 4 nitrogen and oxygen atoms in total. The third-order valence-electron chi connectivity index (χ3n) is 2.14. The maximum atomic E-state index is 11.4. The van der Waals surface area contributed by atoms with Gasteiger partial charge in [0, 0.05) is 13.5 Å². The van der Waals surface area contributed by atoms with Crippen molar-refractivity contribution in [2.24, 2.45) is 0 Å². The van der Waals surface area contributed by atoms with Gasteiger partial charge in [0.2, 0.25) is 0 Å². The fourth-order valence-corrected chi connectivity index (χ4v) is 1.22. The molecule has 0 aliphatic heterocycles. The van der Waals surface area contributed by atoms with Crippen molar-refractivity contribution < 1.29 is 14.7 Å². The highest BCUT2D eigenvalue weighted by molar-refractivity contribution is 5.79. The third-order valence-corrected chi connectivity index (χ3v) is 2.14. The van der Waals surface area contributed by atoms with E-state index in [9.17, 15) is 9.90 Å². The van der Waals surface area contributed by atoms with Gasteiger partial charge in [0.05, 0.1) is 7.11 Å². The van der Waals surface area contributed by atoms with Crippen LogP contribution in [-0.4, -0.2) is 36.3 Å². The van der Waals surface area contributed by atoms with Gasteiger partial charge in [0.1, 0.15) is 6.10 Å². The molecule has 1 N–H and O–H groups in total. The average Bonchev–Trinajstić information content (AvgIpc) is 2.28. The van der Waals surface area contributed by atoms with Crippen LogP contribution in [0.15, 0.2) is 30.3 Å². The van der Waals surface area contributed by atoms with Gasteiger partial charge in [-0.25, -0.2) is 5.06 Å². The molecule has 0 aliphatic carbocycles. The highest BCUT2D eigenvalue weighted by atomic mass is 16.7. The van der Waals surface area contributed by atoms with E-state index in [2.05, 4.69) is 0 Å². The molecule has 0 radical (unpaired) electrons. The van der Waals surface area contributed by atoms with E-state index in [1.165, 1.54) is 14.2 Å². The van der Waals surface area contributed by atoms with E-state index in [0.717, 1.165) is 10.6 Å². The Morgan fingerprint density at radius 1 is 1.47 bits per heavy atom. The molecule has 0 aromatic heterocycles. The van der Waals surface area contributed by atoms with Crippen LogP contribution in [0.4, 0.5) is 0 Å². The highest BCUT2D eigenvalue weighted by Gasteiger charge is 2.19. The maximum absolute atomic E-state index is 11.4. The number of aliphatic hydroxyl groups excluding tert-OH is 1. The summed E-state index contributed by atoms with van der Waals surface area (Å²) in [6.45, 7) is 0. The Morgan fingerprint density at radius 2 is 2.07 bits per heavy atom. The molecule has 0 bridgehead atoms. The molecule has 82 valence electrons. The van der Waals surface area contributed by atoms with Gasteiger partial charge in [-0.05, 0) is 5.56 Å². The molecule has 1 amide bonds. The fourth-order valence-electron chi connectivity index (χ4n) is 1.22. The average molecular weight is 209 g/mol. The van der Waals surface area contributed by atoms with Gasteiger partial charge in [0.15, 0.2) is 0 Å². The molecule has 0 spiro atoms. The van der Waals surface area contributed by atoms with Crippen LogP contribution in [0.5, 0.6) is 0 Å². The van der Waals surface area contributed by atoms with Gasteiger partial charge in [-0.3, -0.25) is 9.63 Å². The summed E-state index contributed by atoms with van der Waals surface area (Å²) in [4.78, 5) is 16.1. The Morgan fingerprint density at radius 3 is 2.60 bits per heavy atom. The molecule has 1 atom stereocenters. The number of carbonyl (C=O) groups is 1. The van der Waals surface area contributed by atoms with Gasteiger partial charge in [-0.1, -0.05) is 30.3 Å². The first-order valence-corrected chi connectivity index (χ1v) is 4.69. The van der Waals surface area contributed by atoms with Crippen molar-refractivity contribution in [1.82, 2.24) is 5.06 Å². The lowest BCUT2D eigenvalue weighted by Crippen LogP contribution is -2.36. The number of nitrogens with zero attached hydrogens (tertiary/aromatic N) is 1. The molecule has 0 unspecified atom stereocenters. The van der Waals surface area contributed by atoms with Crippen LogP contribution in [0, 0.1) is 0 Å². The first-order valence-electron chi connectivity index (χ1n) is 4.69. The molecule has 4 heteroatoms. The smallest absolute Gasteiger partial charge is 0.274 e. The molecule has 1 rings (SSSR count). The lowest BCUT2D eigenvalue weighted by Gasteiger charge is -2.17. The molecule has 0 saturated carbocycles. The number of hydrogen-bond donors (Lipinski definition) is 1. The summed E-state index contributed by atoms with van der Waals surface area (Å²) in [6.07, 6.45) is -0.759. The van der Waals surface area contributed by atoms with Crippen molar-refractivity contribution in [3.05, 3.63) is 35.9 Å². The van der Waals surface area contributed by atoms with Crippen LogP contribution >= 0.6 is 0 Å². The van der Waals surface area contributed by atoms with Crippen molar-refractivity contribution in [2.45, 2.75) is 12.5 Å². The zero-order valence-corrected chi connectivity index (χ0v) is 8.88. The molecule has 0 heterocycles. The molecule has 0 fully saturated rings. The second-order valence-corrected chi connectivity index (χ2v) is 3.22. The number of hydrogen-bond acceptors (Lipinski definition) is 3. The Balaban J connectivity index is 2.56. The van der Waals surface area contributed by atoms with Gasteiger partial charge >= 0.3 is 0 Å². The topological polar surface area (TPSA) is 49.8 Å². The summed E-state index contributed by atoms with van der Waals surface area (Å²) in [5.41, 5.74) is 0.919. The van der Waals surface area contributed by atoms with Gasteiger partial charge in [-0.2, -0.15) is 0 Å². The number of carbonyl (C=O) groups excluding carboxylic acids is 1. The molecule has 15 heavy (non-hydrogen) atoms. The Hall–Kier alpha value is -1.39. The van der Waals surface area contributed by atoms with Crippen LogP contribution < -0.4 is 0 Å². The van der Waals surface area contributed by atoms with Crippen LogP contribution in [-0.2, 0) is 16.1 Å². The predicted octanol–water partition coefficient (Wildman–Crippen LogP) is 0.610. The van der Waals surface area contributed by atoms with E-state index in [1.54, 1.807) is 0 Å². The number of benzene rings is 1. The predicted molar refractivity (Wildman–Crippen MR) is 55.9 cm³/mol. The van der Waals surface area contributed by atoms with Gasteiger partial charge in [-0.15, -0.1) is 0 Å².